The number of ether oxygens (including phenoxy) is 1. The van der Waals surface area contributed by atoms with Crippen molar-refractivity contribution in [3.8, 4) is 0 Å². The van der Waals surface area contributed by atoms with Crippen LogP contribution in [0, 0.1) is 0 Å². The fourth-order valence-electron chi connectivity index (χ4n) is 2.22. The molecule has 10 nitrogen and oxygen atoms in total. The third-order valence-electron chi connectivity index (χ3n) is 3.38. The summed E-state index contributed by atoms with van der Waals surface area (Å²) in [6.45, 7) is -1.21. The molecular formula is C12H16FN3O7. The van der Waals surface area contributed by atoms with Crippen LogP contribution in [0.5, 0.6) is 0 Å². The topological polar surface area (TPSA) is 154 Å². The van der Waals surface area contributed by atoms with Crippen LogP contribution in [0.3, 0.4) is 0 Å². The Kier molecular flexibility index (Phi) is 5.26. The van der Waals surface area contributed by atoms with Crippen molar-refractivity contribution in [2.75, 3.05) is 13.2 Å². The van der Waals surface area contributed by atoms with Gasteiger partial charge in [0.25, 0.3) is 5.56 Å². The first-order valence-corrected chi connectivity index (χ1v) is 6.70. The Morgan fingerprint density at radius 2 is 2.17 bits per heavy atom. The van der Waals surface area contributed by atoms with E-state index in [4.69, 9.17) is 14.9 Å². The largest absolute Gasteiger partial charge is 0.480 e. The van der Waals surface area contributed by atoms with Gasteiger partial charge in [0.05, 0.1) is 13.2 Å². The maximum Gasteiger partial charge on any atom is 0.330 e. The van der Waals surface area contributed by atoms with Gasteiger partial charge in [-0.25, -0.2) is 9.18 Å². The number of halogens is 1. The molecule has 1 unspecified atom stereocenters. The van der Waals surface area contributed by atoms with Crippen molar-refractivity contribution in [1.82, 2.24) is 14.9 Å². The Morgan fingerprint density at radius 1 is 1.48 bits per heavy atom. The van der Waals surface area contributed by atoms with Crippen molar-refractivity contribution in [2.24, 2.45) is 0 Å². The third-order valence-corrected chi connectivity index (χ3v) is 3.38. The number of aliphatic hydroxyl groups excluding tert-OH is 2. The molecule has 0 saturated carbocycles. The number of nitrogens with zero attached hydrogens (tertiary/aromatic N) is 1. The van der Waals surface area contributed by atoms with Crippen molar-refractivity contribution in [3.63, 3.8) is 0 Å². The van der Waals surface area contributed by atoms with Gasteiger partial charge in [0, 0.05) is 18.3 Å². The SMILES string of the molecule is O=C(O)CNCc1cn([C@@H]2O[C@H](CO)C(O)[C@@H]2F)c(=O)[nH]c1=O. The molecule has 1 saturated heterocycles. The quantitative estimate of drug-likeness (QED) is 0.377. The molecule has 5 N–H and O–H groups in total. The first-order valence-electron chi connectivity index (χ1n) is 6.70. The number of aromatic nitrogens is 2. The lowest BCUT2D eigenvalue weighted by Gasteiger charge is -2.16. The molecule has 0 radical (unpaired) electrons. The first kappa shape index (κ1) is 17.3. The van der Waals surface area contributed by atoms with Crippen molar-refractivity contribution in [2.45, 2.75) is 31.2 Å². The zero-order chi connectivity index (χ0) is 17.1. The number of hydrogen-bond donors (Lipinski definition) is 5. The fraction of sp³-hybridized carbons (Fsp3) is 0.583. The molecule has 2 rings (SSSR count). The fourth-order valence-corrected chi connectivity index (χ4v) is 2.22. The summed E-state index contributed by atoms with van der Waals surface area (Å²) < 4.78 is 19.9. The smallest absolute Gasteiger partial charge is 0.330 e. The van der Waals surface area contributed by atoms with E-state index in [2.05, 4.69) is 5.32 Å². The van der Waals surface area contributed by atoms with E-state index in [1.54, 1.807) is 0 Å². The molecule has 0 spiro atoms. The Morgan fingerprint density at radius 3 is 2.74 bits per heavy atom. The minimum absolute atomic E-state index is 0.0106. The number of H-pyrrole nitrogens is 1. The Bertz CT molecular complexity index is 688. The predicted molar refractivity (Wildman–Crippen MR) is 72.6 cm³/mol. The Hall–Kier alpha value is -2.08. The predicted octanol–water partition coefficient (Wildman–Crippen LogP) is -2.70. The highest BCUT2D eigenvalue weighted by atomic mass is 19.1. The summed E-state index contributed by atoms with van der Waals surface area (Å²) in [6, 6.07) is 0. The van der Waals surface area contributed by atoms with Gasteiger partial charge in [-0.2, -0.15) is 0 Å². The molecule has 23 heavy (non-hydrogen) atoms. The van der Waals surface area contributed by atoms with Crippen LogP contribution < -0.4 is 16.6 Å². The normalized spacial score (nSPS) is 27.3. The highest BCUT2D eigenvalue weighted by molar-refractivity contribution is 5.68. The zero-order valence-electron chi connectivity index (χ0n) is 11.8. The maximum absolute atomic E-state index is 14.0. The number of carboxylic acids is 1. The van der Waals surface area contributed by atoms with E-state index < -0.39 is 55.0 Å². The number of alkyl halides is 1. The molecule has 1 aliphatic rings. The molecule has 11 heteroatoms. The molecule has 0 aliphatic carbocycles. The summed E-state index contributed by atoms with van der Waals surface area (Å²) in [7, 11) is 0. The summed E-state index contributed by atoms with van der Waals surface area (Å²) in [5, 5.41) is 29.6. The van der Waals surface area contributed by atoms with Gasteiger partial charge in [0.1, 0.15) is 12.2 Å². The second kappa shape index (κ2) is 7.00. The lowest BCUT2D eigenvalue weighted by Crippen LogP contribution is -2.38. The van der Waals surface area contributed by atoms with Gasteiger partial charge in [-0.05, 0) is 0 Å². The van der Waals surface area contributed by atoms with E-state index in [0.29, 0.717) is 0 Å². The molecule has 1 aliphatic heterocycles. The maximum atomic E-state index is 14.0. The monoisotopic (exact) mass is 333 g/mol. The van der Waals surface area contributed by atoms with Crippen LogP contribution in [0.1, 0.15) is 11.8 Å². The Labute approximate surface area is 128 Å². The summed E-state index contributed by atoms with van der Waals surface area (Å²) in [5.74, 6) is -1.13. The zero-order valence-corrected chi connectivity index (χ0v) is 11.8. The average molecular weight is 333 g/mol. The number of rotatable bonds is 6. The highest BCUT2D eigenvalue weighted by Crippen LogP contribution is 2.30. The van der Waals surface area contributed by atoms with Crippen LogP contribution in [0.2, 0.25) is 0 Å². The Balaban J connectivity index is 2.27. The molecule has 1 fully saturated rings. The third kappa shape index (κ3) is 3.64. The number of aromatic amines is 1. The van der Waals surface area contributed by atoms with Crippen LogP contribution in [0.25, 0.3) is 0 Å². The molecule has 4 atom stereocenters. The van der Waals surface area contributed by atoms with Crippen molar-refractivity contribution in [3.05, 3.63) is 32.6 Å². The van der Waals surface area contributed by atoms with Crippen LogP contribution in [0.15, 0.2) is 15.8 Å². The molecule has 1 aromatic rings. The van der Waals surface area contributed by atoms with Crippen molar-refractivity contribution < 1.29 is 29.2 Å². The first-order chi connectivity index (χ1) is 10.8. The average Bonchev–Trinajstić information content (AvgIpc) is 2.77. The second-order valence-corrected chi connectivity index (χ2v) is 5.00. The number of aliphatic carboxylic acids is 1. The van der Waals surface area contributed by atoms with Gasteiger partial charge >= 0.3 is 11.7 Å². The van der Waals surface area contributed by atoms with Gasteiger partial charge < -0.3 is 25.4 Å². The molecule has 2 heterocycles. The standard InChI is InChI=1S/C12H16FN3O7/c13-8-9(20)6(4-17)23-11(8)16-3-5(1-14-2-7(18)19)10(21)15-12(16)22/h3,6,8-9,11,14,17,20H,1-2,4H2,(H,18,19)(H,15,21,22)/t6-,8+,9?,11-/m1/s1. The second-order valence-electron chi connectivity index (χ2n) is 5.00. The summed E-state index contributed by atoms with van der Waals surface area (Å²) in [5.41, 5.74) is -1.71. The van der Waals surface area contributed by atoms with E-state index in [0.717, 1.165) is 10.8 Å². The summed E-state index contributed by atoms with van der Waals surface area (Å²) in [4.78, 5) is 35.9. The van der Waals surface area contributed by atoms with Crippen molar-refractivity contribution in [1.29, 1.82) is 0 Å². The molecular weight excluding hydrogens is 317 g/mol. The van der Waals surface area contributed by atoms with Gasteiger partial charge in [-0.3, -0.25) is 19.1 Å². The number of nitrogens with one attached hydrogen (secondary N) is 2. The van der Waals surface area contributed by atoms with E-state index in [-0.39, 0.29) is 12.1 Å². The number of carboxylic acid groups (broad SMARTS) is 1. The molecule has 0 bridgehead atoms. The minimum atomic E-state index is -1.98. The van der Waals surface area contributed by atoms with E-state index in [1.807, 2.05) is 4.98 Å². The van der Waals surface area contributed by atoms with Crippen LogP contribution in [-0.2, 0) is 16.1 Å². The summed E-state index contributed by atoms with van der Waals surface area (Å²) in [6.07, 6.45) is -5.26. The lowest BCUT2D eigenvalue weighted by molar-refractivity contribution is -0.136. The van der Waals surface area contributed by atoms with Gasteiger partial charge in [-0.15, -0.1) is 0 Å². The summed E-state index contributed by atoms with van der Waals surface area (Å²) >= 11 is 0. The van der Waals surface area contributed by atoms with Gasteiger partial charge in [0.15, 0.2) is 12.4 Å². The number of hydrogen-bond acceptors (Lipinski definition) is 7. The molecule has 128 valence electrons. The van der Waals surface area contributed by atoms with Gasteiger partial charge in [-0.1, -0.05) is 0 Å². The molecule has 1 aromatic heterocycles. The highest BCUT2D eigenvalue weighted by Gasteiger charge is 2.45. The van der Waals surface area contributed by atoms with Crippen LogP contribution in [-0.4, -0.2) is 62.4 Å². The minimum Gasteiger partial charge on any atom is -0.480 e. The molecule has 0 amide bonds. The lowest BCUT2D eigenvalue weighted by atomic mass is 10.1. The van der Waals surface area contributed by atoms with Crippen LogP contribution in [0.4, 0.5) is 4.39 Å². The molecule has 0 aromatic carbocycles. The van der Waals surface area contributed by atoms with Crippen LogP contribution >= 0.6 is 0 Å². The van der Waals surface area contributed by atoms with Crippen molar-refractivity contribution >= 4 is 5.97 Å². The van der Waals surface area contributed by atoms with Gasteiger partial charge in [0.2, 0.25) is 0 Å². The van der Waals surface area contributed by atoms with E-state index in [1.165, 1.54) is 0 Å². The van der Waals surface area contributed by atoms with E-state index >= 15 is 0 Å². The van der Waals surface area contributed by atoms with E-state index in [9.17, 15) is 23.9 Å². The number of aliphatic hydroxyl groups is 2. The number of carbonyl (C=O) groups is 1.